The van der Waals surface area contributed by atoms with Gasteiger partial charge in [0.1, 0.15) is 11.5 Å². The highest BCUT2D eigenvalue weighted by Gasteiger charge is 2.11. The van der Waals surface area contributed by atoms with Crippen LogP contribution in [-0.2, 0) is 0 Å². The summed E-state index contributed by atoms with van der Waals surface area (Å²) in [4.78, 5) is 17.0. The van der Waals surface area contributed by atoms with Crippen LogP contribution in [-0.4, -0.2) is 17.4 Å². The van der Waals surface area contributed by atoms with Gasteiger partial charge in [-0.05, 0) is 42.0 Å². The number of aryl methyl sites for hydroxylation is 1. The molecule has 4 nitrogen and oxygen atoms in total. The number of thiophene rings is 1. The van der Waals surface area contributed by atoms with Crippen molar-refractivity contribution < 1.29 is 4.79 Å². The van der Waals surface area contributed by atoms with E-state index in [2.05, 4.69) is 22.1 Å². The Morgan fingerprint density at radius 3 is 3.00 bits per heavy atom. The summed E-state index contributed by atoms with van der Waals surface area (Å²) in [5.74, 6) is 5.89. The van der Waals surface area contributed by atoms with E-state index >= 15 is 0 Å². The zero-order valence-corrected chi connectivity index (χ0v) is 11.3. The van der Waals surface area contributed by atoms with Crippen molar-refractivity contribution in [3.63, 3.8) is 0 Å². The molecule has 0 aliphatic heterocycles. The van der Waals surface area contributed by atoms with E-state index in [1.54, 1.807) is 18.2 Å². The van der Waals surface area contributed by atoms with Crippen LogP contribution in [0.1, 0.15) is 20.9 Å². The molecule has 19 heavy (non-hydrogen) atoms. The molecule has 0 bridgehead atoms. The van der Waals surface area contributed by atoms with Gasteiger partial charge in [0.25, 0.3) is 5.91 Å². The van der Waals surface area contributed by atoms with E-state index in [9.17, 15) is 4.79 Å². The van der Waals surface area contributed by atoms with Crippen molar-refractivity contribution in [2.75, 3.05) is 11.9 Å². The van der Waals surface area contributed by atoms with Crippen molar-refractivity contribution in [3.8, 4) is 11.8 Å². The zero-order chi connectivity index (χ0) is 13.7. The number of nitrogens with two attached hydrogens (primary N) is 1. The van der Waals surface area contributed by atoms with E-state index in [0.717, 1.165) is 5.56 Å². The SMILES string of the molecule is Cc1ccsc1C(=O)Nc1cccc(C#CCN)n1. The van der Waals surface area contributed by atoms with Gasteiger partial charge in [-0.3, -0.25) is 4.79 Å². The average molecular weight is 271 g/mol. The number of carbonyl (C=O) groups excluding carboxylic acids is 1. The molecule has 0 aliphatic rings. The number of rotatable bonds is 2. The lowest BCUT2D eigenvalue weighted by Crippen LogP contribution is -2.12. The number of hydrogen-bond donors (Lipinski definition) is 2. The first-order valence-corrected chi connectivity index (χ1v) is 6.60. The molecular weight excluding hydrogens is 258 g/mol. The smallest absolute Gasteiger partial charge is 0.267 e. The second-order valence-corrected chi connectivity index (χ2v) is 4.72. The molecule has 5 heteroatoms. The molecule has 2 aromatic heterocycles. The van der Waals surface area contributed by atoms with Crippen LogP contribution in [0.3, 0.4) is 0 Å². The maximum atomic E-state index is 12.0. The van der Waals surface area contributed by atoms with Crippen LogP contribution in [0.4, 0.5) is 5.82 Å². The normalized spacial score (nSPS) is 9.58. The van der Waals surface area contributed by atoms with Crippen LogP contribution in [0.15, 0.2) is 29.6 Å². The molecule has 0 unspecified atom stereocenters. The standard InChI is InChI=1S/C14H13N3OS/c1-10-7-9-19-13(10)14(18)17-12-6-2-4-11(16-12)5-3-8-15/h2,4,6-7,9H,8,15H2,1H3,(H,16,17,18). The maximum Gasteiger partial charge on any atom is 0.267 e. The number of hydrogen-bond acceptors (Lipinski definition) is 4. The van der Waals surface area contributed by atoms with E-state index < -0.39 is 0 Å². The van der Waals surface area contributed by atoms with E-state index in [1.807, 2.05) is 18.4 Å². The fourth-order valence-corrected chi connectivity index (χ4v) is 2.31. The zero-order valence-electron chi connectivity index (χ0n) is 10.4. The Bertz CT molecular complexity index is 652. The number of nitrogens with one attached hydrogen (secondary N) is 1. The highest BCUT2D eigenvalue weighted by atomic mass is 32.1. The molecule has 0 saturated carbocycles. The lowest BCUT2D eigenvalue weighted by atomic mass is 10.3. The van der Waals surface area contributed by atoms with Gasteiger partial charge in [0.15, 0.2) is 0 Å². The Balaban J connectivity index is 2.15. The quantitative estimate of drug-likeness (QED) is 0.821. The minimum atomic E-state index is -0.149. The lowest BCUT2D eigenvalue weighted by molar-refractivity contribution is 0.102. The summed E-state index contributed by atoms with van der Waals surface area (Å²) in [6.45, 7) is 2.19. The maximum absolute atomic E-state index is 12.0. The van der Waals surface area contributed by atoms with Crippen molar-refractivity contribution in [2.24, 2.45) is 5.73 Å². The van der Waals surface area contributed by atoms with Gasteiger partial charge in [-0.1, -0.05) is 12.0 Å². The largest absolute Gasteiger partial charge is 0.320 e. The second kappa shape index (κ2) is 6.14. The molecule has 0 aliphatic carbocycles. The molecule has 3 N–H and O–H groups in total. The summed E-state index contributed by atoms with van der Waals surface area (Å²) in [6, 6.07) is 7.21. The first kappa shape index (κ1) is 13.3. The molecule has 0 aromatic carbocycles. The predicted molar refractivity (Wildman–Crippen MR) is 77.2 cm³/mol. The van der Waals surface area contributed by atoms with Crippen molar-refractivity contribution in [2.45, 2.75) is 6.92 Å². The number of aromatic nitrogens is 1. The summed E-state index contributed by atoms with van der Waals surface area (Å²) in [6.07, 6.45) is 0. The van der Waals surface area contributed by atoms with Crippen LogP contribution in [0.2, 0.25) is 0 Å². The fourth-order valence-electron chi connectivity index (χ4n) is 1.49. The minimum Gasteiger partial charge on any atom is -0.320 e. The summed E-state index contributed by atoms with van der Waals surface area (Å²) in [5.41, 5.74) is 6.86. The van der Waals surface area contributed by atoms with Gasteiger partial charge in [0.05, 0.1) is 11.4 Å². The van der Waals surface area contributed by atoms with Gasteiger partial charge in [-0.2, -0.15) is 0 Å². The number of pyridine rings is 1. The number of anilines is 1. The molecule has 0 atom stereocenters. The Hall–Kier alpha value is -2.16. The molecule has 96 valence electrons. The minimum absolute atomic E-state index is 0.149. The molecule has 1 amide bonds. The third-order valence-electron chi connectivity index (χ3n) is 2.38. The van der Waals surface area contributed by atoms with Crippen molar-refractivity contribution in [1.82, 2.24) is 4.98 Å². The number of carbonyl (C=O) groups is 1. The lowest BCUT2D eigenvalue weighted by Gasteiger charge is -2.03. The van der Waals surface area contributed by atoms with Gasteiger partial charge in [0, 0.05) is 0 Å². The third-order valence-corrected chi connectivity index (χ3v) is 3.39. The summed E-state index contributed by atoms with van der Waals surface area (Å²) >= 11 is 1.41. The van der Waals surface area contributed by atoms with Crippen LogP contribution in [0.5, 0.6) is 0 Å². The first-order chi connectivity index (χ1) is 9.20. The molecular formula is C14H13N3OS. The Kier molecular flexibility index (Phi) is 4.29. The van der Waals surface area contributed by atoms with Crippen LogP contribution in [0, 0.1) is 18.8 Å². The van der Waals surface area contributed by atoms with Gasteiger partial charge in [-0.25, -0.2) is 4.98 Å². The molecule has 2 aromatic rings. The third kappa shape index (κ3) is 3.41. The molecule has 0 saturated heterocycles. The van der Waals surface area contributed by atoms with Crippen LogP contribution >= 0.6 is 11.3 Å². The average Bonchev–Trinajstić information content (AvgIpc) is 2.83. The Morgan fingerprint density at radius 2 is 2.32 bits per heavy atom. The van der Waals surface area contributed by atoms with E-state index in [0.29, 0.717) is 16.4 Å². The van der Waals surface area contributed by atoms with Crippen LogP contribution in [0.25, 0.3) is 0 Å². The van der Waals surface area contributed by atoms with Crippen LogP contribution < -0.4 is 11.1 Å². The van der Waals surface area contributed by atoms with Gasteiger partial charge in [0.2, 0.25) is 0 Å². The molecule has 0 spiro atoms. The van der Waals surface area contributed by atoms with E-state index in [1.165, 1.54) is 11.3 Å². The topological polar surface area (TPSA) is 68.0 Å². The van der Waals surface area contributed by atoms with Gasteiger partial charge >= 0.3 is 0 Å². The van der Waals surface area contributed by atoms with E-state index in [-0.39, 0.29) is 12.5 Å². The molecule has 0 radical (unpaired) electrons. The highest BCUT2D eigenvalue weighted by molar-refractivity contribution is 7.12. The summed E-state index contributed by atoms with van der Waals surface area (Å²) in [7, 11) is 0. The van der Waals surface area contributed by atoms with E-state index in [4.69, 9.17) is 5.73 Å². The van der Waals surface area contributed by atoms with Crippen molar-refractivity contribution >= 4 is 23.1 Å². The number of nitrogens with zero attached hydrogens (tertiary/aromatic N) is 1. The summed E-state index contributed by atoms with van der Waals surface area (Å²) in [5, 5.41) is 4.65. The van der Waals surface area contributed by atoms with Gasteiger partial charge < -0.3 is 11.1 Å². The predicted octanol–water partition coefficient (Wildman–Crippen LogP) is 2.01. The Morgan fingerprint density at radius 1 is 1.47 bits per heavy atom. The Labute approximate surface area is 115 Å². The molecule has 2 rings (SSSR count). The second-order valence-electron chi connectivity index (χ2n) is 3.80. The van der Waals surface area contributed by atoms with Gasteiger partial charge in [-0.15, -0.1) is 11.3 Å². The molecule has 0 fully saturated rings. The monoisotopic (exact) mass is 271 g/mol. The molecule has 2 heterocycles. The first-order valence-electron chi connectivity index (χ1n) is 5.72. The van der Waals surface area contributed by atoms with Crippen molar-refractivity contribution in [1.29, 1.82) is 0 Å². The highest BCUT2D eigenvalue weighted by Crippen LogP contribution is 2.17. The summed E-state index contributed by atoms with van der Waals surface area (Å²) < 4.78 is 0. The van der Waals surface area contributed by atoms with Crippen molar-refractivity contribution in [3.05, 3.63) is 45.8 Å². The number of amides is 1. The fraction of sp³-hybridized carbons (Fsp3) is 0.143.